The zero-order chi connectivity index (χ0) is 17.6. The molecule has 1 aliphatic heterocycles. The molecule has 1 fully saturated rings. The van der Waals surface area contributed by atoms with Gasteiger partial charge in [-0.3, -0.25) is 4.79 Å². The number of likely N-dealkylation sites (tertiary alicyclic amines) is 1. The van der Waals surface area contributed by atoms with E-state index in [1.165, 1.54) is 0 Å². The first-order valence-electron chi connectivity index (χ1n) is 8.36. The molecule has 0 saturated carbocycles. The summed E-state index contributed by atoms with van der Waals surface area (Å²) in [5.41, 5.74) is 0.701. The predicted molar refractivity (Wildman–Crippen MR) is 94.3 cm³/mol. The van der Waals surface area contributed by atoms with Crippen LogP contribution in [0.25, 0.3) is 6.08 Å². The van der Waals surface area contributed by atoms with Gasteiger partial charge in [-0.05, 0) is 56.4 Å². The van der Waals surface area contributed by atoms with Crippen molar-refractivity contribution in [2.24, 2.45) is 0 Å². The van der Waals surface area contributed by atoms with Gasteiger partial charge in [-0.2, -0.15) is 0 Å². The quantitative estimate of drug-likeness (QED) is 0.780. The van der Waals surface area contributed by atoms with Gasteiger partial charge < -0.3 is 19.5 Å². The Labute approximate surface area is 143 Å². The maximum absolute atomic E-state index is 12.6. The molecule has 132 valence electrons. The minimum atomic E-state index is -0.157. The first kappa shape index (κ1) is 18.3. The Hall–Kier alpha value is -2.01. The van der Waals surface area contributed by atoms with Crippen LogP contribution in [0.15, 0.2) is 24.3 Å². The highest BCUT2D eigenvalue weighted by atomic mass is 16.5. The van der Waals surface area contributed by atoms with E-state index in [2.05, 4.69) is 6.92 Å². The van der Waals surface area contributed by atoms with E-state index in [1.54, 1.807) is 32.4 Å². The first-order chi connectivity index (χ1) is 11.5. The molecule has 1 heterocycles. The highest BCUT2D eigenvalue weighted by Crippen LogP contribution is 2.33. The molecule has 0 bridgehead atoms. The third-order valence-electron chi connectivity index (χ3n) is 4.68. The minimum Gasteiger partial charge on any atom is -0.497 e. The zero-order valence-corrected chi connectivity index (χ0v) is 14.7. The molecule has 1 N–H and O–H groups in total. The third kappa shape index (κ3) is 4.29. The Bertz CT molecular complexity index is 577. The van der Waals surface area contributed by atoms with Crippen LogP contribution in [0.2, 0.25) is 0 Å². The fraction of sp³-hybridized carbons (Fsp3) is 0.526. The molecule has 2 rings (SSSR count). The summed E-state index contributed by atoms with van der Waals surface area (Å²) in [4.78, 5) is 14.5. The van der Waals surface area contributed by atoms with Crippen LogP contribution < -0.4 is 9.47 Å². The van der Waals surface area contributed by atoms with Gasteiger partial charge >= 0.3 is 0 Å². The van der Waals surface area contributed by atoms with Gasteiger partial charge in [-0.1, -0.05) is 0 Å². The maximum Gasteiger partial charge on any atom is 0.247 e. The molecular weight excluding hydrogens is 306 g/mol. The SMILES string of the molecule is COc1cc(/C=C/C(=O)N2CCCC2(C)CCCO)cc(OC)c1. The van der Waals surface area contributed by atoms with Gasteiger partial charge in [-0.25, -0.2) is 0 Å². The van der Waals surface area contributed by atoms with Crippen molar-refractivity contribution in [3.05, 3.63) is 29.8 Å². The number of amides is 1. The summed E-state index contributed by atoms with van der Waals surface area (Å²) >= 11 is 0. The number of methoxy groups -OCH3 is 2. The number of nitrogens with zero attached hydrogens (tertiary/aromatic N) is 1. The molecular formula is C19H27NO4. The van der Waals surface area contributed by atoms with Crippen molar-refractivity contribution in [3.63, 3.8) is 0 Å². The second-order valence-electron chi connectivity index (χ2n) is 6.40. The van der Waals surface area contributed by atoms with Gasteiger partial charge in [0, 0.05) is 30.8 Å². The Kier molecular flexibility index (Phi) is 6.26. The van der Waals surface area contributed by atoms with E-state index in [1.807, 2.05) is 17.0 Å². The largest absolute Gasteiger partial charge is 0.497 e. The standard InChI is InChI=1S/C19H27NO4/c1-19(9-5-11-21)8-4-10-20(19)18(22)7-6-15-12-16(23-2)14-17(13-15)24-3/h6-7,12-14,21H,4-5,8-11H2,1-3H3/b7-6+. The van der Waals surface area contributed by atoms with Crippen LogP contribution in [-0.2, 0) is 4.79 Å². The van der Waals surface area contributed by atoms with E-state index in [0.29, 0.717) is 11.5 Å². The fourth-order valence-electron chi connectivity index (χ4n) is 3.30. The van der Waals surface area contributed by atoms with Crippen molar-refractivity contribution in [1.82, 2.24) is 4.90 Å². The smallest absolute Gasteiger partial charge is 0.247 e. The van der Waals surface area contributed by atoms with Crippen LogP contribution in [0.4, 0.5) is 0 Å². The summed E-state index contributed by atoms with van der Waals surface area (Å²) < 4.78 is 10.5. The molecule has 1 atom stereocenters. The lowest BCUT2D eigenvalue weighted by atomic mass is 9.93. The summed E-state index contributed by atoms with van der Waals surface area (Å²) in [7, 11) is 3.20. The molecule has 1 aromatic rings. The molecule has 1 saturated heterocycles. The van der Waals surface area contributed by atoms with Crippen molar-refractivity contribution in [2.75, 3.05) is 27.4 Å². The molecule has 24 heavy (non-hydrogen) atoms. The number of aliphatic hydroxyl groups is 1. The second kappa shape index (κ2) is 8.20. The van der Waals surface area contributed by atoms with Gasteiger partial charge in [0.1, 0.15) is 11.5 Å². The Balaban J connectivity index is 2.12. The summed E-state index contributed by atoms with van der Waals surface area (Å²) in [6, 6.07) is 5.52. The van der Waals surface area contributed by atoms with Gasteiger partial charge in [0.2, 0.25) is 5.91 Å². The number of benzene rings is 1. The fourth-order valence-corrected chi connectivity index (χ4v) is 3.30. The van der Waals surface area contributed by atoms with Crippen molar-refractivity contribution in [3.8, 4) is 11.5 Å². The molecule has 5 heteroatoms. The maximum atomic E-state index is 12.6. The van der Waals surface area contributed by atoms with Crippen LogP contribution in [0.5, 0.6) is 11.5 Å². The third-order valence-corrected chi connectivity index (χ3v) is 4.68. The molecule has 5 nitrogen and oxygen atoms in total. The Morgan fingerprint density at radius 3 is 2.54 bits per heavy atom. The molecule has 1 aliphatic rings. The lowest BCUT2D eigenvalue weighted by Gasteiger charge is -2.34. The number of rotatable bonds is 7. The van der Waals surface area contributed by atoms with Crippen LogP contribution in [-0.4, -0.2) is 48.8 Å². The molecule has 0 radical (unpaired) electrons. The summed E-state index contributed by atoms with van der Waals surface area (Å²) in [6.45, 7) is 3.04. The first-order valence-corrected chi connectivity index (χ1v) is 8.36. The van der Waals surface area contributed by atoms with E-state index in [4.69, 9.17) is 14.6 Å². The molecule has 1 amide bonds. The van der Waals surface area contributed by atoms with E-state index in [0.717, 1.165) is 37.8 Å². The summed E-state index contributed by atoms with van der Waals surface area (Å²) in [5.74, 6) is 1.39. The van der Waals surface area contributed by atoms with Gasteiger partial charge in [0.05, 0.1) is 14.2 Å². The molecule has 0 spiro atoms. The molecule has 1 aromatic carbocycles. The average Bonchev–Trinajstić information content (AvgIpc) is 2.99. The van der Waals surface area contributed by atoms with Crippen LogP contribution in [0.3, 0.4) is 0 Å². The number of hydrogen-bond donors (Lipinski definition) is 1. The van der Waals surface area contributed by atoms with Gasteiger partial charge in [0.25, 0.3) is 0 Å². The van der Waals surface area contributed by atoms with Crippen molar-refractivity contribution < 1.29 is 19.4 Å². The van der Waals surface area contributed by atoms with Crippen LogP contribution in [0, 0.1) is 0 Å². The predicted octanol–water partition coefficient (Wildman–Crippen LogP) is 2.87. The molecule has 0 aromatic heterocycles. The minimum absolute atomic E-state index is 0.00901. The lowest BCUT2D eigenvalue weighted by molar-refractivity contribution is -0.129. The van der Waals surface area contributed by atoms with Gasteiger partial charge in [0.15, 0.2) is 0 Å². The van der Waals surface area contributed by atoms with E-state index < -0.39 is 0 Å². The summed E-state index contributed by atoms with van der Waals surface area (Å²) in [6.07, 6.45) is 6.94. The Morgan fingerprint density at radius 2 is 1.96 bits per heavy atom. The number of aliphatic hydroxyl groups excluding tert-OH is 1. The zero-order valence-electron chi connectivity index (χ0n) is 14.7. The monoisotopic (exact) mass is 333 g/mol. The average molecular weight is 333 g/mol. The van der Waals surface area contributed by atoms with Crippen LogP contribution in [0.1, 0.15) is 38.2 Å². The highest BCUT2D eigenvalue weighted by molar-refractivity contribution is 5.92. The van der Waals surface area contributed by atoms with Crippen molar-refractivity contribution in [2.45, 2.75) is 38.1 Å². The van der Waals surface area contributed by atoms with E-state index in [-0.39, 0.29) is 18.1 Å². The van der Waals surface area contributed by atoms with Gasteiger partial charge in [-0.15, -0.1) is 0 Å². The second-order valence-corrected chi connectivity index (χ2v) is 6.40. The normalized spacial score (nSPS) is 20.6. The van der Waals surface area contributed by atoms with Crippen LogP contribution >= 0.6 is 0 Å². The highest BCUT2D eigenvalue weighted by Gasteiger charge is 2.37. The molecule has 1 unspecified atom stereocenters. The van der Waals surface area contributed by atoms with Crippen molar-refractivity contribution in [1.29, 1.82) is 0 Å². The van der Waals surface area contributed by atoms with Crippen molar-refractivity contribution >= 4 is 12.0 Å². The Morgan fingerprint density at radius 1 is 1.29 bits per heavy atom. The number of carbonyl (C=O) groups excluding carboxylic acids is 1. The van der Waals surface area contributed by atoms with E-state index >= 15 is 0 Å². The number of ether oxygens (including phenoxy) is 2. The lowest BCUT2D eigenvalue weighted by Crippen LogP contribution is -2.44. The van der Waals surface area contributed by atoms with E-state index in [9.17, 15) is 4.79 Å². The topological polar surface area (TPSA) is 59.0 Å². The number of hydrogen-bond acceptors (Lipinski definition) is 4. The summed E-state index contributed by atoms with van der Waals surface area (Å²) in [5, 5.41) is 9.08. The molecule has 0 aliphatic carbocycles. The number of carbonyl (C=O) groups is 1.